The molecule has 1 aromatic carbocycles. The van der Waals surface area contributed by atoms with Crippen molar-refractivity contribution < 1.29 is 13.2 Å². The lowest BCUT2D eigenvalue weighted by Crippen LogP contribution is -2.43. The molecule has 1 saturated heterocycles. The maximum absolute atomic E-state index is 12.4. The Morgan fingerprint density at radius 1 is 1.32 bits per heavy atom. The van der Waals surface area contributed by atoms with Gasteiger partial charge in [-0.1, -0.05) is 28.1 Å². The molecule has 2 rings (SSSR count). The molecule has 0 atom stereocenters. The van der Waals surface area contributed by atoms with Crippen molar-refractivity contribution in [3.05, 3.63) is 34.3 Å². The Kier molecular flexibility index (Phi) is 5.29. The molecule has 0 bridgehead atoms. The van der Waals surface area contributed by atoms with Gasteiger partial charge in [-0.3, -0.25) is 4.79 Å². The van der Waals surface area contributed by atoms with E-state index in [9.17, 15) is 13.2 Å². The fourth-order valence-electron chi connectivity index (χ4n) is 2.46. The van der Waals surface area contributed by atoms with E-state index < -0.39 is 15.4 Å². The molecular weight excluding hydrogens is 368 g/mol. The van der Waals surface area contributed by atoms with Crippen LogP contribution in [0.1, 0.15) is 25.8 Å². The van der Waals surface area contributed by atoms with E-state index in [1.165, 1.54) is 4.31 Å². The average Bonchev–Trinajstić information content (AvgIpc) is 2.78. The van der Waals surface area contributed by atoms with Crippen molar-refractivity contribution in [1.29, 1.82) is 0 Å². The summed E-state index contributed by atoms with van der Waals surface area (Å²) in [5.41, 5.74) is 0.256. The van der Waals surface area contributed by atoms with Crippen molar-refractivity contribution >= 4 is 31.9 Å². The molecule has 0 unspecified atom stereocenters. The third kappa shape index (κ3) is 3.88. The minimum absolute atomic E-state index is 0.105. The molecule has 1 heterocycles. The lowest BCUT2D eigenvalue weighted by Gasteiger charge is -2.25. The van der Waals surface area contributed by atoms with Crippen molar-refractivity contribution in [3.63, 3.8) is 0 Å². The molecule has 0 saturated carbocycles. The molecule has 5 nitrogen and oxygen atoms in total. The summed E-state index contributed by atoms with van der Waals surface area (Å²) in [5, 5.41) is 2.84. The third-order valence-corrected chi connectivity index (χ3v) is 6.47. The summed E-state index contributed by atoms with van der Waals surface area (Å²) in [6.07, 6.45) is 0.667. The predicted octanol–water partition coefficient (Wildman–Crippen LogP) is 1.88. The van der Waals surface area contributed by atoms with Crippen molar-refractivity contribution in [2.75, 3.05) is 25.4 Å². The molecule has 1 aromatic rings. The van der Waals surface area contributed by atoms with Gasteiger partial charge >= 0.3 is 0 Å². The van der Waals surface area contributed by atoms with E-state index in [-0.39, 0.29) is 11.7 Å². The standard InChI is InChI=1S/C15H21BrN2O3S/c1-15(2,12-4-6-13(16)7-5-12)14(19)17-8-10-18-9-3-11-22(18,20)21/h4-7H,3,8-11H2,1-2H3,(H,17,19). The molecule has 1 N–H and O–H groups in total. The van der Waals surface area contributed by atoms with Crippen LogP contribution in [0.5, 0.6) is 0 Å². The van der Waals surface area contributed by atoms with Gasteiger partial charge in [-0.15, -0.1) is 0 Å². The molecule has 1 fully saturated rings. The highest BCUT2D eigenvalue weighted by Crippen LogP contribution is 2.25. The monoisotopic (exact) mass is 388 g/mol. The zero-order chi connectivity index (χ0) is 16.4. The quantitative estimate of drug-likeness (QED) is 0.836. The third-order valence-electron chi connectivity index (χ3n) is 3.98. The Labute approximate surface area is 140 Å². The highest BCUT2D eigenvalue weighted by Gasteiger charge is 2.31. The predicted molar refractivity (Wildman–Crippen MR) is 90.2 cm³/mol. The molecule has 0 aromatic heterocycles. The number of benzene rings is 1. The molecule has 0 spiro atoms. The Balaban J connectivity index is 1.92. The Morgan fingerprint density at radius 2 is 1.95 bits per heavy atom. The second-order valence-electron chi connectivity index (χ2n) is 5.96. The number of hydrogen-bond donors (Lipinski definition) is 1. The Hall–Kier alpha value is -0.920. The van der Waals surface area contributed by atoms with E-state index in [0.29, 0.717) is 26.1 Å². The number of sulfonamides is 1. The second kappa shape index (κ2) is 6.68. The summed E-state index contributed by atoms with van der Waals surface area (Å²) < 4.78 is 25.8. The number of carbonyl (C=O) groups is 1. The lowest BCUT2D eigenvalue weighted by atomic mass is 9.84. The van der Waals surface area contributed by atoms with Crippen LogP contribution in [0.25, 0.3) is 0 Å². The van der Waals surface area contributed by atoms with Crippen LogP contribution < -0.4 is 5.32 Å². The zero-order valence-electron chi connectivity index (χ0n) is 12.8. The number of rotatable bonds is 5. The van der Waals surface area contributed by atoms with E-state index in [4.69, 9.17) is 0 Å². The fraction of sp³-hybridized carbons (Fsp3) is 0.533. The van der Waals surface area contributed by atoms with Crippen LogP contribution in [0.2, 0.25) is 0 Å². The van der Waals surface area contributed by atoms with Crippen molar-refractivity contribution in [2.45, 2.75) is 25.7 Å². The van der Waals surface area contributed by atoms with E-state index in [1.54, 1.807) is 0 Å². The number of nitrogens with one attached hydrogen (secondary N) is 1. The van der Waals surface area contributed by atoms with E-state index in [0.717, 1.165) is 10.0 Å². The molecule has 0 aliphatic carbocycles. The van der Waals surface area contributed by atoms with Gasteiger partial charge in [0.05, 0.1) is 11.2 Å². The minimum atomic E-state index is -3.10. The molecule has 22 heavy (non-hydrogen) atoms. The van der Waals surface area contributed by atoms with Crippen LogP contribution in [0, 0.1) is 0 Å². The number of nitrogens with zero attached hydrogens (tertiary/aromatic N) is 1. The topological polar surface area (TPSA) is 66.5 Å². The number of halogens is 1. The van der Waals surface area contributed by atoms with Crippen molar-refractivity contribution in [3.8, 4) is 0 Å². The van der Waals surface area contributed by atoms with Gasteiger partial charge < -0.3 is 5.32 Å². The second-order valence-corrected chi connectivity index (χ2v) is 8.96. The van der Waals surface area contributed by atoms with Crippen LogP contribution in [-0.4, -0.2) is 44.0 Å². The molecule has 1 amide bonds. The first-order chi connectivity index (χ1) is 10.2. The first-order valence-electron chi connectivity index (χ1n) is 7.26. The summed E-state index contributed by atoms with van der Waals surface area (Å²) in [6.45, 7) is 4.94. The normalized spacial score (nSPS) is 18.3. The number of carbonyl (C=O) groups excluding carboxylic acids is 1. The molecule has 1 aliphatic heterocycles. The van der Waals surface area contributed by atoms with Crippen LogP contribution >= 0.6 is 15.9 Å². The van der Waals surface area contributed by atoms with Crippen molar-refractivity contribution in [1.82, 2.24) is 9.62 Å². The maximum Gasteiger partial charge on any atom is 0.230 e. The molecule has 122 valence electrons. The highest BCUT2D eigenvalue weighted by molar-refractivity contribution is 9.10. The fourth-order valence-corrected chi connectivity index (χ4v) is 4.25. The van der Waals surface area contributed by atoms with Crippen LogP contribution in [0.15, 0.2) is 28.7 Å². The SMILES string of the molecule is CC(C)(C(=O)NCCN1CCCS1(=O)=O)c1ccc(Br)cc1. The van der Waals surface area contributed by atoms with Gasteiger partial charge in [0, 0.05) is 24.1 Å². The van der Waals surface area contributed by atoms with Gasteiger partial charge in [-0.05, 0) is 38.0 Å². The van der Waals surface area contributed by atoms with Gasteiger partial charge in [-0.25, -0.2) is 12.7 Å². The molecule has 7 heteroatoms. The van der Waals surface area contributed by atoms with Gasteiger partial charge in [0.15, 0.2) is 0 Å². The largest absolute Gasteiger partial charge is 0.354 e. The number of amides is 1. The summed E-state index contributed by atoms with van der Waals surface area (Å²) in [6, 6.07) is 7.63. The van der Waals surface area contributed by atoms with Gasteiger partial charge in [0.1, 0.15) is 0 Å². The summed E-state index contributed by atoms with van der Waals surface area (Å²) in [5.74, 6) is 0.108. The van der Waals surface area contributed by atoms with Crippen LogP contribution in [0.3, 0.4) is 0 Å². The summed E-state index contributed by atoms with van der Waals surface area (Å²) >= 11 is 3.38. The Morgan fingerprint density at radius 3 is 2.50 bits per heavy atom. The number of hydrogen-bond acceptors (Lipinski definition) is 3. The molecule has 1 aliphatic rings. The zero-order valence-corrected chi connectivity index (χ0v) is 15.2. The minimum Gasteiger partial charge on any atom is -0.354 e. The summed E-state index contributed by atoms with van der Waals surface area (Å²) in [4.78, 5) is 12.4. The first-order valence-corrected chi connectivity index (χ1v) is 9.66. The average molecular weight is 389 g/mol. The van der Waals surface area contributed by atoms with Gasteiger partial charge in [-0.2, -0.15) is 0 Å². The van der Waals surface area contributed by atoms with E-state index in [1.807, 2.05) is 38.1 Å². The smallest absolute Gasteiger partial charge is 0.230 e. The molecular formula is C15H21BrN2O3S. The van der Waals surface area contributed by atoms with Gasteiger partial charge in [0.2, 0.25) is 15.9 Å². The Bertz CT molecular complexity index is 641. The molecule has 0 radical (unpaired) electrons. The van der Waals surface area contributed by atoms with E-state index >= 15 is 0 Å². The van der Waals surface area contributed by atoms with E-state index in [2.05, 4.69) is 21.2 Å². The maximum atomic E-state index is 12.4. The first kappa shape index (κ1) is 17.4. The van der Waals surface area contributed by atoms with Crippen LogP contribution in [0.4, 0.5) is 0 Å². The highest BCUT2D eigenvalue weighted by atomic mass is 79.9. The lowest BCUT2D eigenvalue weighted by molar-refractivity contribution is -0.125. The van der Waals surface area contributed by atoms with Crippen LogP contribution in [-0.2, 0) is 20.2 Å². The van der Waals surface area contributed by atoms with Gasteiger partial charge in [0.25, 0.3) is 0 Å². The van der Waals surface area contributed by atoms with Crippen molar-refractivity contribution in [2.24, 2.45) is 0 Å². The summed E-state index contributed by atoms with van der Waals surface area (Å²) in [7, 11) is -3.10.